The summed E-state index contributed by atoms with van der Waals surface area (Å²) >= 11 is 0. The number of rotatable bonds is 7. The van der Waals surface area contributed by atoms with Gasteiger partial charge in [-0.15, -0.1) is 0 Å². The lowest BCUT2D eigenvalue weighted by atomic mass is 9.75. The van der Waals surface area contributed by atoms with Crippen LogP contribution in [0, 0.1) is 11.3 Å². The Bertz CT molecular complexity index is 837. The highest BCUT2D eigenvalue weighted by Gasteiger charge is 2.51. The summed E-state index contributed by atoms with van der Waals surface area (Å²) in [7, 11) is 0. The van der Waals surface area contributed by atoms with Gasteiger partial charge in [-0.25, -0.2) is 0 Å². The van der Waals surface area contributed by atoms with Crippen LogP contribution < -0.4 is 5.73 Å². The van der Waals surface area contributed by atoms with Crippen LogP contribution in [0.4, 0.5) is 13.2 Å². The molecule has 32 heavy (non-hydrogen) atoms. The molecule has 0 radical (unpaired) electrons. The Morgan fingerprint density at radius 1 is 0.969 bits per heavy atom. The summed E-state index contributed by atoms with van der Waals surface area (Å²) in [6.45, 7) is 4.43. The average molecular weight is 455 g/mol. The largest absolute Gasteiger partial charge is 0.421 e. The maximum absolute atomic E-state index is 13.3. The lowest BCUT2D eigenvalue weighted by molar-refractivity contribution is -0.258. The van der Waals surface area contributed by atoms with E-state index in [4.69, 9.17) is 5.73 Å². The summed E-state index contributed by atoms with van der Waals surface area (Å²) in [6, 6.07) is 5.34. The van der Waals surface area contributed by atoms with E-state index in [2.05, 4.69) is 0 Å². The van der Waals surface area contributed by atoms with E-state index in [9.17, 15) is 27.9 Å². The number of alkyl halides is 3. The summed E-state index contributed by atoms with van der Waals surface area (Å²) in [6.07, 6.45) is 1.28. The number of hydrogen-bond donors (Lipinski definition) is 2. The number of nitrogens with two attached hydrogens (primary N) is 1. The predicted molar refractivity (Wildman–Crippen MR) is 115 cm³/mol. The Hall–Kier alpha value is -2.09. The van der Waals surface area contributed by atoms with Gasteiger partial charge in [-0.1, -0.05) is 26.0 Å². The van der Waals surface area contributed by atoms with Crippen molar-refractivity contribution in [1.82, 2.24) is 4.90 Å². The van der Waals surface area contributed by atoms with Crippen LogP contribution in [-0.2, 0) is 10.4 Å². The minimum Gasteiger partial charge on any atom is -0.376 e. The molecule has 2 aliphatic rings. The van der Waals surface area contributed by atoms with E-state index in [-0.39, 0.29) is 29.5 Å². The molecule has 3 N–H and O–H groups in total. The van der Waals surface area contributed by atoms with Crippen molar-refractivity contribution in [1.29, 1.82) is 0 Å². The van der Waals surface area contributed by atoms with Crippen molar-refractivity contribution in [2.45, 2.75) is 89.6 Å². The molecule has 0 bridgehead atoms. The highest BCUT2D eigenvalue weighted by Crippen LogP contribution is 2.41. The summed E-state index contributed by atoms with van der Waals surface area (Å²) in [5, 5.41) is 9.85. The summed E-state index contributed by atoms with van der Waals surface area (Å²) < 4.78 is 39.3. The monoisotopic (exact) mass is 454 g/mol. The highest BCUT2D eigenvalue weighted by molar-refractivity contribution is 5.95. The second-order valence-electron chi connectivity index (χ2n) is 10.2. The maximum Gasteiger partial charge on any atom is 0.421 e. The van der Waals surface area contributed by atoms with Crippen LogP contribution in [0.5, 0.6) is 0 Å². The summed E-state index contributed by atoms with van der Waals surface area (Å²) in [5.41, 5.74) is 2.02. The number of carbonyl (C=O) groups is 2. The molecule has 0 aliphatic heterocycles. The molecule has 8 heteroatoms. The van der Waals surface area contributed by atoms with Gasteiger partial charge in [0.2, 0.25) is 5.91 Å². The molecular formula is C24H33F3N2O3. The molecule has 5 nitrogen and oxygen atoms in total. The zero-order chi connectivity index (χ0) is 23.9. The van der Waals surface area contributed by atoms with Gasteiger partial charge >= 0.3 is 6.18 Å². The van der Waals surface area contributed by atoms with Gasteiger partial charge in [0.05, 0.1) is 0 Å². The molecule has 1 aromatic rings. The van der Waals surface area contributed by atoms with Crippen LogP contribution >= 0.6 is 0 Å². The van der Waals surface area contributed by atoms with E-state index in [1.807, 2.05) is 18.7 Å². The topological polar surface area (TPSA) is 83.6 Å². The molecular weight excluding hydrogens is 421 g/mol. The van der Waals surface area contributed by atoms with Gasteiger partial charge in [0.15, 0.2) is 5.60 Å². The molecule has 2 saturated carbocycles. The molecule has 0 unspecified atom stereocenters. The lowest BCUT2D eigenvalue weighted by Crippen LogP contribution is -2.44. The number of hydrogen-bond acceptors (Lipinski definition) is 3. The van der Waals surface area contributed by atoms with Gasteiger partial charge in [0.25, 0.3) is 5.91 Å². The first kappa shape index (κ1) is 24.6. The fourth-order valence-corrected chi connectivity index (χ4v) is 4.68. The first-order valence-corrected chi connectivity index (χ1v) is 11.3. The molecule has 178 valence electrons. The normalized spacial score (nSPS) is 24.0. The van der Waals surface area contributed by atoms with Crippen molar-refractivity contribution in [3.63, 3.8) is 0 Å². The quantitative estimate of drug-likeness (QED) is 0.635. The Balaban J connectivity index is 1.68. The molecule has 2 amide bonds. The molecule has 0 aromatic heterocycles. The van der Waals surface area contributed by atoms with E-state index in [0.717, 1.165) is 44.9 Å². The first-order valence-electron chi connectivity index (χ1n) is 11.3. The molecule has 0 heterocycles. The van der Waals surface area contributed by atoms with Gasteiger partial charge in [-0.05, 0) is 75.5 Å². The van der Waals surface area contributed by atoms with Crippen LogP contribution in [0.15, 0.2) is 24.3 Å². The van der Waals surface area contributed by atoms with Gasteiger partial charge in [-0.2, -0.15) is 13.2 Å². The molecule has 3 rings (SSSR count). The molecule has 1 atom stereocenters. The highest BCUT2D eigenvalue weighted by atomic mass is 19.4. The number of benzene rings is 1. The number of carbonyl (C=O) groups excluding carboxylic acids is 2. The van der Waals surface area contributed by atoms with Gasteiger partial charge in [0.1, 0.15) is 0 Å². The number of aliphatic hydroxyl groups is 1. The van der Waals surface area contributed by atoms with Gasteiger partial charge in [-0.3, -0.25) is 9.59 Å². The third-order valence-corrected chi connectivity index (χ3v) is 7.10. The van der Waals surface area contributed by atoms with E-state index in [0.29, 0.717) is 18.4 Å². The lowest BCUT2D eigenvalue weighted by Gasteiger charge is -2.39. The van der Waals surface area contributed by atoms with Crippen molar-refractivity contribution in [2.75, 3.05) is 0 Å². The van der Waals surface area contributed by atoms with Crippen molar-refractivity contribution in [2.24, 2.45) is 17.1 Å². The van der Waals surface area contributed by atoms with E-state index in [1.165, 1.54) is 24.3 Å². The van der Waals surface area contributed by atoms with Crippen LogP contribution in [0.3, 0.4) is 0 Å². The zero-order valence-electron chi connectivity index (χ0n) is 18.9. The molecule has 1 aromatic carbocycles. The van der Waals surface area contributed by atoms with E-state index in [1.54, 1.807) is 0 Å². The summed E-state index contributed by atoms with van der Waals surface area (Å²) in [4.78, 5) is 26.8. The maximum atomic E-state index is 13.3. The predicted octanol–water partition coefficient (Wildman–Crippen LogP) is 4.52. The molecule has 0 saturated heterocycles. The number of halogens is 3. The molecule has 2 fully saturated rings. The van der Waals surface area contributed by atoms with Crippen LogP contribution in [0.2, 0.25) is 0 Å². The third-order valence-electron chi connectivity index (χ3n) is 7.10. The molecule has 0 spiro atoms. The van der Waals surface area contributed by atoms with Crippen LogP contribution in [0.1, 0.15) is 81.6 Å². The Labute approximate surface area is 187 Å². The SMILES string of the molecule is CC(C)(C[C@H]1CC[C@H](N(C(=O)c2ccc([C@](C)(O)C(F)(F)F)cc2)C2CC2)CC1)C(N)=O. The van der Waals surface area contributed by atoms with Crippen molar-refractivity contribution < 1.29 is 27.9 Å². The van der Waals surface area contributed by atoms with Crippen LogP contribution in [-0.4, -0.2) is 40.1 Å². The van der Waals surface area contributed by atoms with Crippen molar-refractivity contribution in [3.8, 4) is 0 Å². The summed E-state index contributed by atoms with van der Waals surface area (Å²) in [5.74, 6) is -0.0947. The van der Waals surface area contributed by atoms with E-state index >= 15 is 0 Å². The second kappa shape index (κ2) is 8.69. The standard InChI is InChI=1S/C24H33F3N2O3/c1-22(2,21(28)31)14-15-4-10-18(11-5-15)29(19-12-13-19)20(30)16-6-8-17(9-7-16)23(3,32)24(25,26)27/h6-9,15,18-19,32H,4-5,10-14H2,1-3H3,(H2,28,31)/t15-,18-,23-/m0/s1. The Morgan fingerprint density at radius 2 is 1.44 bits per heavy atom. The minimum atomic E-state index is -4.81. The fourth-order valence-electron chi connectivity index (χ4n) is 4.68. The van der Waals surface area contributed by atoms with Crippen molar-refractivity contribution >= 4 is 11.8 Å². The number of nitrogens with zero attached hydrogens (tertiary/aromatic N) is 1. The third kappa shape index (κ3) is 5.11. The Morgan fingerprint density at radius 3 is 1.84 bits per heavy atom. The minimum absolute atomic E-state index is 0.0842. The zero-order valence-corrected chi connectivity index (χ0v) is 18.9. The average Bonchev–Trinajstić information content (AvgIpc) is 3.53. The smallest absolute Gasteiger partial charge is 0.376 e. The number of amides is 2. The Kier molecular flexibility index (Phi) is 6.67. The van der Waals surface area contributed by atoms with Crippen molar-refractivity contribution in [3.05, 3.63) is 35.4 Å². The molecule has 2 aliphatic carbocycles. The van der Waals surface area contributed by atoms with Gasteiger partial charge < -0.3 is 15.7 Å². The number of primary amides is 1. The second-order valence-corrected chi connectivity index (χ2v) is 10.2. The first-order chi connectivity index (χ1) is 14.7. The fraction of sp³-hybridized carbons (Fsp3) is 0.667. The van der Waals surface area contributed by atoms with Crippen LogP contribution in [0.25, 0.3) is 0 Å². The van der Waals surface area contributed by atoms with E-state index < -0.39 is 17.2 Å². The van der Waals surface area contributed by atoms with Gasteiger partial charge in [0, 0.05) is 23.1 Å².